The van der Waals surface area contributed by atoms with E-state index in [0.717, 1.165) is 33.3 Å². The third-order valence-corrected chi connectivity index (χ3v) is 7.13. The van der Waals surface area contributed by atoms with Gasteiger partial charge < -0.3 is 4.57 Å². The fourth-order valence-electron chi connectivity index (χ4n) is 4.25. The van der Waals surface area contributed by atoms with Gasteiger partial charge in [-0.25, -0.2) is 9.78 Å². The molecular formula is C26H20Cl4N4O. The second kappa shape index (κ2) is 9.67. The molecule has 0 radical (unpaired) electrons. The van der Waals surface area contributed by atoms with Crippen LogP contribution in [0.3, 0.4) is 0 Å². The van der Waals surface area contributed by atoms with Crippen LogP contribution >= 0.6 is 47.2 Å². The van der Waals surface area contributed by atoms with Gasteiger partial charge in [-0.15, -0.1) is 24.0 Å². The molecule has 9 heteroatoms. The van der Waals surface area contributed by atoms with Gasteiger partial charge in [-0.05, 0) is 47.5 Å². The number of benzene rings is 3. The highest BCUT2D eigenvalue weighted by Crippen LogP contribution is 2.44. The van der Waals surface area contributed by atoms with Gasteiger partial charge in [0.25, 0.3) is 0 Å². The lowest BCUT2D eigenvalue weighted by Crippen LogP contribution is -2.26. The van der Waals surface area contributed by atoms with E-state index in [1.54, 1.807) is 31.7 Å². The summed E-state index contributed by atoms with van der Waals surface area (Å²) in [5.74, 6) is 0. The molecule has 0 saturated carbocycles. The van der Waals surface area contributed by atoms with Gasteiger partial charge >= 0.3 is 5.69 Å². The number of nitrogens with zero attached hydrogens (tertiary/aromatic N) is 4. The van der Waals surface area contributed by atoms with E-state index in [9.17, 15) is 4.79 Å². The number of halogens is 4. The maximum absolute atomic E-state index is 12.6. The van der Waals surface area contributed by atoms with E-state index in [-0.39, 0.29) is 18.1 Å². The summed E-state index contributed by atoms with van der Waals surface area (Å²) < 4.78 is 3.41. The van der Waals surface area contributed by atoms with Crippen LogP contribution in [0.4, 0.5) is 0 Å². The van der Waals surface area contributed by atoms with Crippen molar-refractivity contribution in [3.63, 3.8) is 0 Å². The maximum Gasteiger partial charge on any atom is 0.348 e. The van der Waals surface area contributed by atoms with E-state index < -0.39 is 4.87 Å². The van der Waals surface area contributed by atoms with Crippen molar-refractivity contribution in [2.24, 2.45) is 14.1 Å². The van der Waals surface area contributed by atoms with Crippen LogP contribution in [0.5, 0.6) is 0 Å². The summed E-state index contributed by atoms with van der Waals surface area (Å²) in [7, 11) is 3.60. The van der Waals surface area contributed by atoms with E-state index in [1.807, 2.05) is 66.2 Å². The zero-order chi connectivity index (χ0) is 24.0. The molecule has 3 aromatic carbocycles. The van der Waals surface area contributed by atoms with Crippen molar-refractivity contribution in [2.45, 2.75) is 4.87 Å². The molecule has 0 bridgehead atoms. The first-order chi connectivity index (χ1) is 16.3. The highest BCUT2D eigenvalue weighted by molar-refractivity contribution is 6.31. The minimum atomic E-state index is -1.07. The number of alkyl halides is 1. The number of aromatic nitrogens is 4. The predicted octanol–water partition coefficient (Wildman–Crippen LogP) is 6.59. The van der Waals surface area contributed by atoms with Gasteiger partial charge in [0.2, 0.25) is 0 Å². The number of hydrogen-bond acceptors (Lipinski definition) is 3. The van der Waals surface area contributed by atoms with Gasteiger partial charge in [0, 0.05) is 35.1 Å². The fourth-order valence-corrected chi connectivity index (χ4v) is 5.00. The number of fused-ring (bicyclic) bond motifs is 1. The van der Waals surface area contributed by atoms with E-state index in [4.69, 9.17) is 34.8 Å². The average Bonchev–Trinajstić information content (AvgIpc) is 3.27. The highest BCUT2D eigenvalue weighted by atomic mass is 35.5. The Balaban J connectivity index is 0.00000289. The van der Waals surface area contributed by atoms with Gasteiger partial charge in [0.1, 0.15) is 4.87 Å². The molecule has 1 unspecified atom stereocenters. The Morgan fingerprint density at radius 3 is 2.26 bits per heavy atom. The Hall–Kier alpha value is -2.83. The molecule has 0 fully saturated rings. The molecule has 0 aliphatic rings. The normalized spacial score (nSPS) is 12.8. The quantitative estimate of drug-likeness (QED) is 0.239. The van der Waals surface area contributed by atoms with E-state index in [2.05, 4.69) is 9.97 Å². The Kier molecular flexibility index (Phi) is 6.98. The Bertz CT molecular complexity index is 1590. The van der Waals surface area contributed by atoms with Gasteiger partial charge in [-0.2, -0.15) is 4.98 Å². The van der Waals surface area contributed by atoms with Crippen molar-refractivity contribution < 1.29 is 0 Å². The maximum atomic E-state index is 12.6. The number of imidazole rings is 1. The van der Waals surface area contributed by atoms with E-state index in [0.29, 0.717) is 15.7 Å². The topological polar surface area (TPSA) is 52.7 Å². The summed E-state index contributed by atoms with van der Waals surface area (Å²) in [6.45, 7) is 0. The molecule has 5 rings (SSSR count). The summed E-state index contributed by atoms with van der Waals surface area (Å²) in [6, 6.07) is 20.5. The molecule has 0 aliphatic heterocycles. The second-order valence-electron chi connectivity index (χ2n) is 8.10. The van der Waals surface area contributed by atoms with Crippen LogP contribution in [-0.4, -0.2) is 19.1 Å². The van der Waals surface area contributed by atoms with Gasteiger partial charge in [0.15, 0.2) is 0 Å². The molecule has 5 nitrogen and oxygen atoms in total. The second-order valence-corrected chi connectivity index (χ2v) is 9.54. The zero-order valence-electron chi connectivity index (χ0n) is 18.7. The fraction of sp³-hybridized carbons (Fsp3) is 0.115. The molecule has 0 amide bonds. The first-order valence-electron chi connectivity index (χ1n) is 10.5. The molecule has 0 aliphatic carbocycles. The lowest BCUT2D eigenvalue weighted by Gasteiger charge is -2.29. The Labute approximate surface area is 223 Å². The van der Waals surface area contributed by atoms with Crippen molar-refractivity contribution in [1.82, 2.24) is 19.1 Å². The number of rotatable bonds is 4. The van der Waals surface area contributed by atoms with Crippen molar-refractivity contribution in [1.29, 1.82) is 0 Å². The lowest BCUT2D eigenvalue weighted by atomic mass is 9.86. The molecule has 178 valence electrons. The van der Waals surface area contributed by atoms with Crippen LogP contribution < -0.4 is 5.69 Å². The molecule has 0 spiro atoms. The Morgan fingerprint density at radius 1 is 0.886 bits per heavy atom. The molecular weight excluding hydrogens is 526 g/mol. The number of hydrogen-bond donors (Lipinski definition) is 0. The minimum absolute atomic E-state index is 0. The summed E-state index contributed by atoms with van der Waals surface area (Å²) >= 11 is 19.9. The molecule has 35 heavy (non-hydrogen) atoms. The zero-order valence-corrected chi connectivity index (χ0v) is 21.8. The molecule has 2 aromatic heterocycles. The van der Waals surface area contributed by atoms with Crippen LogP contribution in [0.25, 0.3) is 22.2 Å². The molecule has 2 heterocycles. The summed E-state index contributed by atoms with van der Waals surface area (Å²) in [5.41, 5.74) is 4.11. The van der Waals surface area contributed by atoms with Crippen LogP contribution in [0.2, 0.25) is 10.0 Å². The Morgan fingerprint density at radius 2 is 1.60 bits per heavy atom. The van der Waals surface area contributed by atoms with Crippen molar-refractivity contribution in [2.75, 3.05) is 0 Å². The van der Waals surface area contributed by atoms with Gasteiger partial charge in [-0.3, -0.25) is 4.57 Å². The summed E-state index contributed by atoms with van der Waals surface area (Å²) in [6.07, 6.45) is 3.47. The molecule has 0 saturated heterocycles. The van der Waals surface area contributed by atoms with Gasteiger partial charge in [-0.1, -0.05) is 53.5 Å². The monoisotopic (exact) mass is 544 g/mol. The molecule has 0 N–H and O–H groups in total. The average molecular weight is 546 g/mol. The molecule has 1 atom stereocenters. The number of aryl methyl sites for hydroxylation is 2. The van der Waals surface area contributed by atoms with Crippen LogP contribution in [0.1, 0.15) is 16.8 Å². The first kappa shape index (κ1) is 25.3. The van der Waals surface area contributed by atoms with Crippen molar-refractivity contribution >= 4 is 58.1 Å². The summed E-state index contributed by atoms with van der Waals surface area (Å²) in [4.78, 5) is 20.3. The SMILES string of the molecule is Cl.Cn1cncc1C(Cl)(c1ccc(Cl)cc1)c1ccc2c(c1)c(-c1cccc(Cl)c1)nc(=O)n2C. The predicted molar refractivity (Wildman–Crippen MR) is 145 cm³/mol. The van der Waals surface area contributed by atoms with Crippen LogP contribution in [-0.2, 0) is 19.0 Å². The standard InChI is InChI=1S/C26H19Cl3N4O.ClH/c1-32-15-30-14-23(32)26(29,17-6-9-19(27)10-7-17)18-8-11-22-21(13-18)24(31-25(34)33(22)2)16-4-3-5-20(28)12-16;/h3-15H,1-2H3;1H. The lowest BCUT2D eigenvalue weighted by molar-refractivity contribution is 0.746. The summed E-state index contributed by atoms with van der Waals surface area (Å²) in [5, 5.41) is 1.96. The van der Waals surface area contributed by atoms with Gasteiger partial charge in [0.05, 0.1) is 29.4 Å². The largest absolute Gasteiger partial charge is 0.348 e. The van der Waals surface area contributed by atoms with E-state index >= 15 is 0 Å². The third-order valence-electron chi connectivity index (χ3n) is 6.01. The first-order valence-corrected chi connectivity index (χ1v) is 11.6. The van der Waals surface area contributed by atoms with Crippen molar-refractivity contribution in [3.8, 4) is 11.3 Å². The smallest absolute Gasteiger partial charge is 0.336 e. The minimum Gasteiger partial charge on any atom is -0.336 e. The van der Waals surface area contributed by atoms with Crippen LogP contribution in [0.15, 0.2) is 84.0 Å². The van der Waals surface area contributed by atoms with Crippen molar-refractivity contribution in [3.05, 3.63) is 117 Å². The third kappa shape index (κ3) is 4.34. The van der Waals surface area contributed by atoms with Crippen LogP contribution in [0, 0.1) is 0 Å². The molecule has 5 aromatic rings. The highest BCUT2D eigenvalue weighted by Gasteiger charge is 2.37. The van der Waals surface area contributed by atoms with E-state index in [1.165, 1.54) is 4.57 Å².